The SMILES string of the molecule is Cc1csc(CNS(=O)(=O)c2cc([N+](=O)[O-])c(N)s2)n1. The molecule has 11 heteroatoms. The number of anilines is 1. The van der Waals surface area contributed by atoms with Gasteiger partial charge in [-0.05, 0) is 6.92 Å². The Morgan fingerprint density at radius 2 is 2.25 bits per heavy atom. The summed E-state index contributed by atoms with van der Waals surface area (Å²) >= 11 is 1.99. The van der Waals surface area contributed by atoms with Gasteiger partial charge in [0.2, 0.25) is 0 Å². The van der Waals surface area contributed by atoms with E-state index < -0.39 is 20.6 Å². The predicted octanol–water partition coefficient (Wildman–Crippen LogP) is 1.48. The molecule has 0 saturated carbocycles. The van der Waals surface area contributed by atoms with Crippen molar-refractivity contribution < 1.29 is 13.3 Å². The van der Waals surface area contributed by atoms with Gasteiger partial charge < -0.3 is 5.73 Å². The highest BCUT2D eigenvalue weighted by Gasteiger charge is 2.24. The number of nitrogen functional groups attached to an aromatic ring is 1. The van der Waals surface area contributed by atoms with Crippen LogP contribution in [0.1, 0.15) is 10.7 Å². The molecule has 2 aromatic heterocycles. The topological polar surface area (TPSA) is 128 Å². The molecule has 3 N–H and O–H groups in total. The first kappa shape index (κ1) is 14.8. The Labute approximate surface area is 122 Å². The summed E-state index contributed by atoms with van der Waals surface area (Å²) in [5.41, 5.74) is 5.83. The van der Waals surface area contributed by atoms with Crippen molar-refractivity contribution in [2.24, 2.45) is 0 Å². The molecule has 0 fully saturated rings. The first-order chi connectivity index (χ1) is 9.29. The van der Waals surface area contributed by atoms with Crippen molar-refractivity contribution in [3.63, 3.8) is 0 Å². The lowest BCUT2D eigenvalue weighted by molar-refractivity contribution is -0.383. The molecule has 0 unspecified atom stereocenters. The number of aromatic nitrogens is 1. The van der Waals surface area contributed by atoms with E-state index >= 15 is 0 Å². The van der Waals surface area contributed by atoms with Crippen molar-refractivity contribution in [3.8, 4) is 0 Å². The second-order valence-electron chi connectivity index (χ2n) is 3.78. The first-order valence-electron chi connectivity index (χ1n) is 5.24. The fraction of sp³-hybridized carbons (Fsp3) is 0.222. The fourth-order valence-corrected chi connectivity index (χ4v) is 4.41. The Balaban J connectivity index is 2.18. The number of thiazole rings is 1. The number of aryl methyl sites for hydroxylation is 1. The van der Waals surface area contributed by atoms with E-state index in [1.807, 2.05) is 0 Å². The highest BCUT2D eigenvalue weighted by molar-refractivity contribution is 7.91. The van der Waals surface area contributed by atoms with Gasteiger partial charge in [0.25, 0.3) is 10.0 Å². The van der Waals surface area contributed by atoms with Gasteiger partial charge in [-0.15, -0.1) is 11.3 Å². The van der Waals surface area contributed by atoms with Crippen LogP contribution in [0.2, 0.25) is 0 Å². The average molecular weight is 334 g/mol. The van der Waals surface area contributed by atoms with Crippen molar-refractivity contribution in [2.45, 2.75) is 17.7 Å². The third-order valence-corrected chi connectivity index (χ3v) is 6.05. The molecule has 0 aliphatic rings. The van der Waals surface area contributed by atoms with Crippen molar-refractivity contribution >= 4 is 43.4 Å². The van der Waals surface area contributed by atoms with Gasteiger partial charge in [0, 0.05) is 17.1 Å². The second kappa shape index (κ2) is 5.44. The Bertz CT molecular complexity index is 749. The largest absolute Gasteiger partial charge is 0.385 e. The Hall–Kier alpha value is -1.56. The number of nitrogens with zero attached hydrogens (tertiary/aromatic N) is 2. The van der Waals surface area contributed by atoms with Gasteiger partial charge in [0.1, 0.15) is 9.22 Å². The molecule has 20 heavy (non-hydrogen) atoms. The lowest BCUT2D eigenvalue weighted by Gasteiger charge is -2.01. The van der Waals surface area contributed by atoms with Gasteiger partial charge in [0.05, 0.1) is 11.5 Å². The van der Waals surface area contributed by atoms with Crippen molar-refractivity contribution in [3.05, 3.63) is 32.3 Å². The standard InChI is InChI=1S/C9H10N4O4S3/c1-5-4-18-7(12-5)3-11-20(16,17)8-2-6(13(14)15)9(10)19-8/h2,4,11H,3,10H2,1H3. The maximum atomic E-state index is 12.0. The Morgan fingerprint density at radius 3 is 2.75 bits per heavy atom. The molecule has 0 atom stereocenters. The molecule has 0 bridgehead atoms. The molecule has 108 valence electrons. The molecular formula is C9H10N4O4S3. The molecule has 0 spiro atoms. The number of hydrogen-bond acceptors (Lipinski definition) is 8. The fourth-order valence-electron chi connectivity index (χ4n) is 1.36. The maximum Gasteiger partial charge on any atom is 0.304 e. The summed E-state index contributed by atoms with van der Waals surface area (Å²) in [4.78, 5) is 14.1. The summed E-state index contributed by atoms with van der Waals surface area (Å²) in [5.74, 6) is 0. The van der Waals surface area contributed by atoms with Crippen LogP contribution in [0.15, 0.2) is 15.7 Å². The third kappa shape index (κ3) is 3.12. The summed E-state index contributed by atoms with van der Waals surface area (Å²) in [6.45, 7) is 1.84. The predicted molar refractivity (Wildman–Crippen MR) is 76.3 cm³/mol. The van der Waals surface area contributed by atoms with Crippen LogP contribution in [0.25, 0.3) is 0 Å². The van der Waals surface area contributed by atoms with Gasteiger partial charge in [-0.25, -0.2) is 18.1 Å². The molecule has 0 amide bonds. The van der Waals surface area contributed by atoms with Gasteiger partial charge in [0.15, 0.2) is 5.00 Å². The smallest absolute Gasteiger partial charge is 0.304 e. The second-order valence-corrected chi connectivity index (χ2v) is 7.80. The van der Waals surface area contributed by atoms with Crippen LogP contribution in [-0.2, 0) is 16.6 Å². The van der Waals surface area contributed by atoms with Gasteiger partial charge in [-0.2, -0.15) is 0 Å². The minimum atomic E-state index is -3.83. The minimum Gasteiger partial charge on any atom is -0.385 e. The van der Waals surface area contributed by atoms with Crippen LogP contribution in [0, 0.1) is 17.0 Å². The van der Waals surface area contributed by atoms with Crippen molar-refractivity contribution in [1.82, 2.24) is 9.71 Å². The molecule has 0 radical (unpaired) electrons. The molecule has 2 heterocycles. The number of sulfonamides is 1. The number of thiophene rings is 1. The number of hydrogen-bond donors (Lipinski definition) is 2. The average Bonchev–Trinajstić information content (AvgIpc) is 2.93. The quantitative estimate of drug-likeness (QED) is 0.629. The van der Waals surface area contributed by atoms with Crippen LogP contribution in [0.5, 0.6) is 0 Å². The lowest BCUT2D eigenvalue weighted by atomic mass is 10.5. The van der Waals surface area contributed by atoms with Crippen LogP contribution in [0.4, 0.5) is 10.7 Å². The van der Waals surface area contributed by atoms with Gasteiger partial charge >= 0.3 is 5.69 Å². The van der Waals surface area contributed by atoms with E-state index in [0.29, 0.717) is 16.3 Å². The third-order valence-electron chi connectivity index (χ3n) is 2.26. The summed E-state index contributed by atoms with van der Waals surface area (Å²) < 4.78 is 26.1. The maximum absolute atomic E-state index is 12.0. The highest BCUT2D eigenvalue weighted by Crippen LogP contribution is 2.34. The first-order valence-corrected chi connectivity index (χ1v) is 8.42. The zero-order valence-corrected chi connectivity index (χ0v) is 12.6. The van der Waals surface area contributed by atoms with E-state index in [9.17, 15) is 18.5 Å². The normalized spacial score (nSPS) is 11.7. The number of nitrogens with two attached hydrogens (primary N) is 1. The molecular weight excluding hydrogens is 324 g/mol. The van der Waals surface area contributed by atoms with Gasteiger partial charge in [-0.3, -0.25) is 10.1 Å². The Kier molecular flexibility index (Phi) is 4.04. The molecule has 2 aromatic rings. The van der Waals surface area contributed by atoms with E-state index in [-0.39, 0.29) is 15.8 Å². The zero-order chi connectivity index (χ0) is 14.9. The summed E-state index contributed by atoms with van der Waals surface area (Å²) in [7, 11) is -3.83. The number of rotatable bonds is 5. The van der Waals surface area contributed by atoms with Crippen LogP contribution in [0.3, 0.4) is 0 Å². The molecule has 2 rings (SSSR count). The molecule has 0 aromatic carbocycles. The van der Waals surface area contributed by atoms with Crippen molar-refractivity contribution in [1.29, 1.82) is 0 Å². The zero-order valence-electron chi connectivity index (χ0n) is 10.2. The van der Waals surface area contributed by atoms with Crippen LogP contribution >= 0.6 is 22.7 Å². The van der Waals surface area contributed by atoms with Crippen LogP contribution < -0.4 is 10.5 Å². The van der Waals surface area contributed by atoms with Crippen molar-refractivity contribution in [2.75, 3.05) is 5.73 Å². The van der Waals surface area contributed by atoms with E-state index in [2.05, 4.69) is 9.71 Å². The summed E-state index contributed by atoms with van der Waals surface area (Å²) in [5, 5.41) is 12.9. The molecule has 0 saturated heterocycles. The monoisotopic (exact) mass is 334 g/mol. The van der Waals surface area contributed by atoms with E-state index in [0.717, 1.165) is 11.8 Å². The van der Waals surface area contributed by atoms with E-state index in [1.165, 1.54) is 11.3 Å². The van der Waals surface area contributed by atoms with E-state index in [4.69, 9.17) is 5.73 Å². The minimum absolute atomic E-state index is 0.0342. The molecule has 0 aliphatic carbocycles. The summed E-state index contributed by atoms with van der Waals surface area (Å²) in [6.07, 6.45) is 0. The highest BCUT2D eigenvalue weighted by atomic mass is 32.2. The molecule has 8 nitrogen and oxygen atoms in total. The lowest BCUT2D eigenvalue weighted by Crippen LogP contribution is -2.22. The van der Waals surface area contributed by atoms with Gasteiger partial charge in [-0.1, -0.05) is 11.3 Å². The number of nitro groups is 1. The Morgan fingerprint density at radius 1 is 1.55 bits per heavy atom. The van der Waals surface area contributed by atoms with Crippen LogP contribution in [-0.4, -0.2) is 18.3 Å². The van der Waals surface area contributed by atoms with E-state index in [1.54, 1.807) is 12.3 Å². The summed E-state index contributed by atoms with van der Waals surface area (Å²) in [6, 6.07) is 0.954. The molecule has 0 aliphatic heterocycles. The number of nitrogens with one attached hydrogen (secondary N) is 1.